The fraction of sp³-hybridized carbons (Fsp3) is 0.320. The summed E-state index contributed by atoms with van der Waals surface area (Å²) in [4.78, 5) is 28.3. The minimum absolute atomic E-state index is 0.0315. The maximum atomic E-state index is 10.7. The van der Waals surface area contributed by atoms with E-state index in [0.29, 0.717) is 29.9 Å². The fourth-order valence-electron chi connectivity index (χ4n) is 2.51. The number of halogens is 2. The molecular formula is C25H32Cl2N4O4. The third-order valence-electron chi connectivity index (χ3n) is 4.05. The van der Waals surface area contributed by atoms with Crippen LogP contribution in [-0.2, 0) is 14.3 Å². The van der Waals surface area contributed by atoms with Crippen molar-refractivity contribution in [2.24, 2.45) is 0 Å². The van der Waals surface area contributed by atoms with Crippen molar-refractivity contribution in [2.45, 2.75) is 19.9 Å². The van der Waals surface area contributed by atoms with Crippen molar-refractivity contribution in [1.82, 2.24) is 15.3 Å². The predicted octanol–water partition coefficient (Wildman–Crippen LogP) is 5.10. The minimum atomic E-state index is -0.322. The van der Waals surface area contributed by atoms with Gasteiger partial charge in [0.1, 0.15) is 19.0 Å². The number of nitrogens with zero attached hydrogens (tertiary/aromatic N) is 1. The predicted molar refractivity (Wildman–Crippen MR) is 141 cm³/mol. The van der Waals surface area contributed by atoms with Crippen LogP contribution in [0.3, 0.4) is 0 Å². The highest BCUT2D eigenvalue weighted by Gasteiger charge is 2.08. The second-order valence-electron chi connectivity index (χ2n) is 7.36. The Kier molecular flexibility index (Phi) is 15.1. The second kappa shape index (κ2) is 17.5. The molecule has 0 unspecified atom stereocenters. The van der Waals surface area contributed by atoms with Gasteiger partial charge < -0.3 is 25.1 Å². The Balaban J connectivity index is 0.000000302. The van der Waals surface area contributed by atoms with Crippen molar-refractivity contribution in [3.63, 3.8) is 0 Å². The first-order chi connectivity index (χ1) is 16.8. The van der Waals surface area contributed by atoms with Crippen molar-refractivity contribution in [1.29, 1.82) is 0 Å². The lowest BCUT2D eigenvalue weighted by atomic mass is 10.1. The average Bonchev–Trinajstić information content (AvgIpc) is 3.31. The molecule has 35 heavy (non-hydrogen) atoms. The van der Waals surface area contributed by atoms with Crippen LogP contribution in [0.25, 0.3) is 11.1 Å². The monoisotopic (exact) mass is 522 g/mol. The maximum Gasteiger partial charge on any atom is 0.332 e. The molecule has 0 radical (unpaired) electrons. The largest absolute Gasteiger partial charge is 0.463 e. The summed E-state index contributed by atoms with van der Waals surface area (Å²) in [7, 11) is 3.25. The van der Waals surface area contributed by atoms with Gasteiger partial charge in [-0.3, -0.25) is 4.79 Å². The summed E-state index contributed by atoms with van der Waals surface area (Å²) in [5.74, 6) is 0.441. The van der Waals surface area contributed by atoms with Crippen molar-refractivity contribution in [3.05, 3.63) is 70.6 Å². The van der Waals surface area contributed by atoms with E-state index in [-0.39, 0.29) is 12.6 Å². The zero-order valence-electron chi connectivity index (χ0n) is 20.3. The molecule has 1 aromatic carbocycles. The van der Waals surface area contributed by atoms with Gasteiger partial charge in [0.2, 0.25) is 0 Å². The zero-order chi connectivity index (χ0) is 26.1. The number of nitrogens with one attached hydrogen (secondary N) is 3. The van der Waals surface area contributed by atoms with Gasteiger partial charge in [-0.1, -0.05) is 41.4 Å². The molecule has 0 atom stereocenters. The molecule has 0 aliphatic rings. The number of anilines is 1. The quantitative estimate of drug-likeness (QED) is 0.204. The lowest BCUT2D eigenvalue weighted by molar-refractivity contribution is -0.147. The molecule has 8 nitrogen and oxygen atoms in total. The fourth-order valence-corrected chi connectivity index (χ4v) is 2.87. The molecule has 3 rings (SSSR count). The Labute approximate surface area is 216 Å². The number of esters is 1. The highest BCUT2D eigenvalue weighted by Crippen LogP contribution is 2.29. The van der Waals surface area contributed by atoms with Crippen LogP contribution in [0.1, 0.15) is 24.3 Å². The summed E-state index contributed by atoms with van der Waals surface area (Å²) >= 11 is 11.7. The van der Waals surface area contributed by atoms with Crippen LogP contribution in [0.15, 0.2) is 54.9 Å². The summed E-state index contributed by atoms with van der Waals surface area (Å²) in [5.41, 5.74) is 2.24. The van der Waals surface area contributed by atoms with Crippen molar-refractivity contribution < 1.29 is 19.1 Å². The number of aromatic nitrogens is 2. The third kappa shape index (κ3) is 12.9. The summed E-state index contributed by atoms with van der Waals surface area (Å²) in [6.45, 7) is 5.19. The Morgan fingerprint density at radius 1 is 1.20 bits per heavy atom. The molecule has 0 amide bonds. The number of methoxy groups -OCH3 is 1. The number of H-pyrrole nitrogens is 1. The van der Waals surface area contributed by atoms with E-state index < -0.39 is 0 Å². The van der Waals surface area contributed by atoms with Crippen LogP contribution in [0.5, 0.6) is 0 Å². The average molecular weight is 523 g/mol. The summed E-state index contributed by atoms with van der Waals surface area (Å²) < 4.78 is 9.24. The number of aldehydes is 1. The van der Waals surface area contributed by atoms with E-state index >= 15 is 0 Å². The number of pyridine rings is 1. The highest BCUT2D eigenvalue weighted by atomic mass is 35.5. The number of ether oxygens (including phenoxy) is 2. The van der Waals surface area contributed by atoms with E-state index in [1.165, 1.54) is 7.11 Å². The molecule has 10 heteroatoms. The number of hydrogen-bond acceptors (Lipinski definition) is 7. The number of aromatic amines is 1. The molecule has 0 fully saturated rings. The van der Waals surface area contributed by atoms with Crippen molar-refractivity contribution in [3.8, 4) is 11.1 Å². The van der Waals surface area contributed by atoms with Crippen LogP contribution in [-0.4, -0.2) is 62.2 Å². The van der Waals surface area contributed by atoms with Gasteiger partial charge in [0.05, 0.1) is 10.7 Å². The lowest BCUT2D eigenvalue weighted by Crippen LogP contribution is -2.19. The molecule has 3 aromatic rings. The van der Waals surface area contributed by atoms with Gasteiger partial charge in [-0.05, 0) is 45.2 Å². The minimum Gasteiger partial charge on any atom is -0.463 e. The van der Waals surface area contributed by atoms with E-state index in [2.05, 4.69) is 25.3 Å². The topological polar surface area (TPSA) is 105 Å². The van der Waals surface area contributed by atoms with E-state index in [4.69, 9.17) is 27.9 Å². The van der Waals surface area contributed by atoms with Gasteiger partial charge in [0.25, 0.3) is 0 Å². The third-order valence-corrected chi connectivity index (χ3v) is 4.60. The molecule has 2 heterocycles. The zero-order valence-corrected chi connectivity index (χ0v) is 21.8. The number of benzene rings is 1. The van der Waals surface area contributed by atoms with Gasteiger partial charge in [-0.2, -0.15) is 0 Å². The molecule has 0 saturated carbocycles. The Morgan fingerprint density at radius 3 is 2.43 bits per heavy atom. The summed E-state index contributed by atoms with van der Waals surface area (Å²) in [6.07, 6.45) is 4.13. The molecular weight excluding hydrogens is 491 g/mol. The molecule has 0 aliphatic carbocycles. The van der Waals surface area contributed by atoms with Crippen molar-refractivity contribution in [2.75, 3.05) is 39.2 Å². The number of likely N-dealkylation sites (N-methyl/N-ethyl adjacent to an activating group) is 1. The number of hydrogen-bond donors (Lipinski definition) is 3. The van der Waals surface area contributed by atoms with Crippen LogP contribution in [0, 0.1) is 0 Å². The number of carbonyl (C=O) groups is 2. The van der Waals surface area contributed by atoms with E-state index in [9.17, 15) is 9.59 Å². The molecule has 190 valence electrons. The van der Waals surface area contributed by atoms with Gasteiger partial charge in [0, 0.05) is 48.2 Å². The van der Waals surface area contributed by atoms with E-state index in [0.717, 1.165) is 28.3 Å². The second-order valence-corrected chi connectivity index (χ2v) is 8.21. The normalized spacial score (nSPS) is 9.91. The van der Waals surface area contributed by atoms with Gasteiger partial charge >= 0.3 is 5.97 Å². The smallest absolute Gasteiger partial charge is 0.332 e. The first-order valence-electron chi connectivity index (χ1n) is 10.9. The van der Waals surface area contributed by atoms with Gasteiger partial charge in [0.15, 0.2) is 6.29 Å². The van der Waals surface area contributed by atoms with Crippen LogP contribution in [0.4, 0.5) is 5.82 Å². The van der Waals surface area contributed by atoms with E-state index in [1.54, 1.807) is 25.5 Å². The molecule has 0 saturated heterocycles. The molecule has 3 N–H and O–H groups in total. The Bertz CT molecular complexity index is 1010. The molecule has 2 aromatic heterocycles. The molecule has 0 aliphatic heterocycles. The van der Waals surface area contributed by atoms with Crippen LogP contribution < -0.4 is 10.6 Å². The Morgan fingerprint density at radius 2 is 1.91 bits per heavy atom. The highest BCUT2D eigenvalue weighted by molar-refractivity contribution is 6.33. The number of carbonyl (C=O) groups excluding carboxylic acids is 2. The Hall–Kier alpha value is -2.91. The van der Waals surface area contributed by atoms with Gasteiger partial charge in [-0.15, -0.1) is 0 Å². The molecule has 0 spiro atoms. The van der Waals surface area contributed by atoms with E-state index in [1.807, 2.05) is 50.2 Å². The summed E-state index contributed by atoms with van der Waals surface area (Å²) in [6, 6.07) is 13.4. The SMILES string of the molecule is CC(C)Nc1cc(-c2c[nH]c(C=O)c2)c(Cl)cn1.CNCCOC(=O)COC.Clc1ccccc1. The van der Waals surface area contributed by atoms with Crippen LogP contribution in [0.2, 0.25) is 10.0 Å². The first-order valence-corrected chi connectivity index (χ1v) is 11.6. The van der Waals surface area contributed by atoms with Crippen LogP contribution >= 0.6 is 23.2 Å². The standard InChI is InChI=1S/C13H14ClN3O.C6H5Cl.C6H13NO3/c1-8(2)17-13-4-11(12(14)6-16-13)9-3-10(7-18)15-5-9;7-6-4-2-1-3-5-6;1-7-3-4-10-6(8)5-9-2/h3-8,15H,1-2H3,(H,16,17);1-5H;7H,3-5H2,1-2H3. The number of rotatable bonds is 9. The first kappa shape index (κ1) is 30.1. The lowest BCUT2D eigenvalue weighted by Gasteiger charge is -2.10. The summed E-state index contributed by atoms with van der Waals surface area (Å²) in [5, 5.41) is 7.41. The maximum absolute atomic E-state index is 10.7. The molecule has 0 bridgehead atoms. The van der Waals surface area contributed by atoms with Gasteiger partial charge in [-0.25, -0.2) is 9.78 Å². The van der Waals surface area contributed by atoms with Crippen molar-refractivity contribution >= 4 is 41.3 Å².